The fourth-order valence-electron chi connectivity index (χ4n) is 3.04. The summed E-state index contributed by atoms with van der Waals surface area (Å²) in [4.78, 5) is 11.6. The Hall–Kier alpha value is -1.32. The van der Waals surface area contributed by atoms with Crippen LogP contribution in [-0.2, 0) is 0 Å². The molecule has 2 heterocycles. The van der Waals surface area contributed by atoms with Crippen LogP contribution >= 0.6 is 0 Å². The van der Waals surface area contributed by atoms with Crippen LogP contribution in [0.3, 0.4) is 0 Å². The molecule has 1 saturated heterocycles. The Labute approximate surface area is 123 Å². The maximum absolute atomic E-state index is 4.63. The van der Waals surface area contributed by atoms with Gasteiger partial charge < -0.3 is 10.2 Å². The Morgan fingerprint density at radius 2 is 2.10 bits per heavy atom. The van der Waals surface area contributed by atoms with E-state index in [1.807, 2.05) is 0 Å². The summed E-state index contributed by atoms with van der Waals surface area (Å²) < 4.78 is 0. The van der Waals surface area contributed by atoms with E-state index >= 15 is 0 Å². The minimum absolute atomic E-state index is 0.427. The van der Waals surface area contributed by atoms with Crippen molar-refractivity contribution in [2.24, 2.45) is 0 Å². The van der Waals surface area contributed by atoms with Crippen LogP contribution in [0.5, 0.6) is 0 Å². The van der Waals surface area contributed by atoms with Gasteiger partial charge >= 0.3 is 0 Å². The third-order valence-corrected chi connectivity index (χ3v) is 4.11. The van der Waals surface area contributed by atoms with Crippen molar-refractivity contribution in [2.45, 2.75) is 65.3 Å². The summed E-state index contributed by atoms with van der Waals surface area (Å²) in [6.45, 7) is 10.9. The van der Waals surface area contributed by atoms with E-state index in [0.717, 1.165) is 24.7 Å². The number of nitrogens with zero attached hydrogens (tertiary/aromatic N) is 3. The predicted octanol–water partition coefficient (Wildman–Crippen LogP) is 3.80. The summed E-state index contributed by atoms with van der Waals surface area (Å²) in [5, 5.41) is 3.39. The number of aromatic nitrogens is 2. The van der Waals surface area contributed by atoms with Crippen molar-refractivity contribution in [1.82, 2.24) is 9.97 Å². The molecule has 0 bridgehead atoms. The number of anilines is 2. The summed E-state index contributed by atoms with van der Waals surface area (Å²) >= 11 is 0. The molecule has 1 fully saturated rings. The van der Waals surface area contributed by atoms with Crippen molar-refractivity contribution in [1.29, 1.82) is 0 Å². The van der Waals surface area contributed by atoms with Gasteiger partial charge in [-0.25, -0.2) is 9.97 Å². The molecule has 4 nitrogen and oxygen atoms in total. The van der Waals surface area contributed by atoms with Gasteiger partial charge in [0.25, 0.3) is 0 Å². The molecular weight excluding hydrogens is 248 g/mol. The maximum atomic E-state index is 4.63. The summed E-state index contributed by atoms with van der Waals surface area (Å²) in [6, 6.07) is 0.569. The Morgan fingerprint density at radius 1 is 1.30 bits per heavy atom. The Morgan fingerprint density at radius 3 is 2.80 bits per heavy atom. The minimum Gasteiger partial charge on any atom is -0.370 e. The second-order valence-corrected chi connectivity index (χ2v) is 6.04. The summed E-state index contributed by atoms with van der Waals surface area (Å²) in [5.41, 5.74) is 1.27. The molecule has 2 rings (SSSR count). The van der Waals surface area contributed by atoms with Crippen LogP contribution in [0.2, 0.25) is 0 Å². The second-order valence-electron chi connectivity index (χ2n) is 6.04. The molecule has 1 aromatic heterocycles. The van der Waals surface area contributed by atoms with Crippen LogP contribution in [-0.4, -0.2) is 29.1 Å². The largest absolute Gasteiger partial charge is 0.370 e. The topological polar surface area (TPSA) is 41.1 Å². The van der Waals surface area contributed by atoms with E-state index < -0.39 is 0 Å². The molecule has 112 valence electrons. The molecule has 0 radical (unpaired) electrons. The van der Waals surface area contributed by atoms with Gasteiger partial charge in [0.1, 0.15) is 18.0 Å². The van der Waals surface area contributed by atoms with Crippen molar-refractivity contribution in [3.05, 3.63) is 11.9 Å². The summed E-state index contributed by atoms with van der Waals surface area (Å²) in [5.74, 6) is 2.57. The first-order chi connectivity index (χ1) is 9.65. The Bertz CT molecular complexity index is 430. The van der Waals surface area contributed by atoms with Gasteiger partial charge in [-0.3, -0.25) is 0 Å². The molecule has 0 aromatic carbocycles. The van der Waals surface area contributed by atoms with Gasteiger partial charge in [0.15, 0.2) is 0 Å². The van der Waals surface area contributed by atoms with E-state index in [1.54, 1.807) is 6.33 Å². The monoisotopic (exact) mass is 276 g/mol. The first-order valence-electron chi connectivity index (χ1n) is 8.00. The first kappa shape index (κ1) is 15.1. The zero-order valence-electron chi connectivity index (χ0n) is 13.3. The standard InChI is InChI=1S/C16H28N4/c1-5-17-15-14(12(2)3)16(19-11-18-15)20-10-8-6-7-9-13(20)4/h11-13H,5-10H2,1-4H3,(H,17,18,19). The summed E-state index contributed by atoms with van der Waals surface area (Å²) in [6.07, 6.45) is 6.90. The highest BCUT2D eigenvalue weighted by atomic mass is 15.2. The van der Waals surface area contributed by atoms with Crippen molar-refractivity contribution < 1.29 is 0 Å². The Kier molecular flexibility index (Phi) is 5.21. The lowest BCUT2D eigenvalue weighted by atomic mass is 10.0. The highest BCUT2D eigenvalue weighted by Gasteiger charge is 2.24. The van der Waals surface area contributed by atoms with Gasteiger partial charge in [0, 0.05) is 24.7 Å². The lowest BCUT2D eigenvalue weighted by Crippen LogP contribution is -2.34. The fourth-order valence-corrected chi connectivity index (χ4v) is 3.04. The molecule has 1 aliphatic heterocycles. The molecule has 1 N–H and O–H groups in total. The maximum Gasteiger partial charge on any atom is 0.137 e. The number of hydrogen-bond donors (Lipinski definition) is 1. The molecular formula is C16H28N4. The zero-order valence-corrected chi connectivity index (χ0v) is 13.3. The first-order valence-corrected chi connectivity index (χ1v) is 8.00. The van der Waals surface area contributed by atoms with Crippen molar-refractivity contribution >= 4 is 11.6 Å². The van der Waals surface area contributed by atoms with Gasteiger partial charge in [-0.1, -0.05) is 26.7 Å². The normalized spacial score (nSPS) is 20.1. The van der Waals surface area contributed by atoms with Crippen molar-refractivity contribution in [3.63, 3.8) is 0 Å². The van der Waals surface area contributed by atoms with Crippen LogP contribution in [0.15, 0.2) is 6.33 Å². The van der Waals surface area contributed by atoms with Crippen LogP contribution < -0.4 is 10.2 Å². The number of rotatable bonds is 4. The highest BCUT2D eigenvalue weighted by Crippen LogP contribution is 2.33. The SMILES string of the molecule is CCNc1ncnc(N2CCCCCC2C)c1C(C)C. The molecule has 1 atom stereocenters. The van der Waals surface area contributed by atoms with E-state index in [9.17, 15) is 0 Å². The lowest BCUT2D eigenvalue weighted by Gasteiger charge is -2.31. The third kappa shape index (κ3) is 3.22. The molecule has 20 heavy (non-hydrogen) atoms. The molecule has 4 heteroatoms. The smallest absolute Gasteiger partial charge is 0.137 e. The van der Waals surface area contributed by atoms with Gasteiger partial charge in [-0.15, -0.1) is 0 Å². The van der Waals surface area contributed by atoms with Gasteiger partial charge in [-0.05, 0) is 32.6 Å². The molecule has 0 aliphatic carbocycles. The van der Waals surface area contributed by atoms with Gasteiger partial charge in [-0.2, -0.15) is 0 Å². The highest BCUT2D eigenvalue weighted by molar-refractivity contribution is 5.60. The van der Waals surface area contributed by atoms with Crippen molar-refractivity contribution in [3.8, 4) is 0 Å². The van der Waals surface area contributed by atoms with E-state index in [2.05, 4.69) is 47.9 Å². The van der Waals surface area contributed by atoms with Crippen LogP contribution in [0.1, 0.15) is 64.9 Å². The predicted molar refractivity (Wildman–Crippen MR) is 85.6 cm³/mol. The third-order valence-electron chi connectivity index (χ3n) is 4.11. The lowest BCUT2D eigenvalue weighted by molar-refractivity contribution is 0.606. The van der Waals surface area contributed by atoms with Crippen molar-refractivity contribution in [2.75, 3.05) is 23.3 Å². The minimum atomic E-state index is 0.427. The van der Waals surface area contributed by atoms with E-state index in [1.165, 1.54) is 31.2 Å². The van der Waals surface area contributed by atoms with E-state index in [4.69, 9.17) is 0 Å². The molecule has 1 aliphatic rings. The number of nitrogens with one attached hydrogen (secondary N) is 1. The average molecular weight is 276 g/mol. The zero-order chi connectivity index (χ0) is 14.5. The van der Waals surface area contributed by atoms with E-state index in [0.29, 0.717) is 12.0 Å². The average Bonchev–Trinajstić information content (AvgIpc) is 2.63. The molecule has 1 unspecified atom stereocenters. The quantitative estimate of drug-likeness (QED) is 0.908. The van der Waals surface area contributed by atoms with Crippen LogP contribution in [0.25, 0.3) is 0 Å². The second kappa shape index (κ2) is 6.91. The molecule has 0 spiro atoms. The van der Waals surface area contributed by atoms with Gasteiger partial charge in [0.2, 0.25) is 0 Å². The molecule has 1 aromatic rings. The molecule has 0 amide bonds. The van der Waals surface area contributed by atoms with Crippen LogP contribution in [0.4, 0.5) is 11.6 Å². The molecule has 0 saturated carbocycles. The van der Waals surface area contributed by atoms with Crippen LogP contribution in [0, 0.1) is 0 Å². The van der Waals surface area contributed by atoms with E-state index in [-0.39, 0.29) is 0 Å². The number of hydrogen-bond acceptors (Lipinski definition) is 4. The fraction of sp³-hybridized carbons (Fsp3) is 0.750. The Balaban J connectivity index is 2.40. The summed E-state index contributed by atoms with van der Waals surface area (Å²) in [7, 11) is 0. The van der Waals surface area contributed by atoms with Gasteiger partial charge in [0.05, 0.1) is 0 Å².